The van der Waals surface area contributed by atoms with Gasteiger partial charge in [0, 0.05) is 6.26 Å². The number of benzene rings is 2. The lowest BCUT2D eigenvalue weighted by Crippen LogP contribution is -2.04. The highest BCUT2D eigenvalue weighted by atomic mass is 32.2. The molecule has 0 spiro atoms. The zero-order valence-corrected chi connectivity index (χ0v) is 13.8. The van der Waals surface area contributed by atoms with Gasteiger partial charge in [-0.2, -0.15) is 18.3 Å². The lowest BCUT2D eigenvalue weighted by molar-refractivity contribution is -0.141. The summed E-state index contributed by atoms with van der Waals surface area (Å²) in [5.74, 6) is 0. The predicted molar refractivity (Wildman–Crippen MR) is 87.6 cm³/mol. The highest BCUT2D eigenvalue weighted by molar-refractivity contribution is 7.90. The van der Waals surface area contributed by atoms with Crippen molar-refractivity contribution in [2.24, 2.45) is 0 Å². The first kappa shape index (κ1) is 15.9. The summed E-state index contributed by atoms with van der Waals surface area (Å²) in [6, 6.07) is 13.6. The van der Waals surface area contributed by atoms with E-state index in [4.69, 9.17) is 1.41 Å². The van der Waals surface area contributed by atoms with Crippen molar-refractivity contribution in [3.63, 3.8) is 0 Å². The molecule has 3 aromatic rings. The van der Waals surface area contributed by atoms with Crippen LogP contribution in [0.3, 0.4) is 0 Å². The molecule has 0 amide bonds. The highest BCUT2D eigenvalue weighted by Gasteiger charge is 2.33. The Morgan fingerprint density at radius 2 is 1.64 bits per heavy atom. The normalized spacial score (nSPS) is 12.9. The van der Waals surface area contributed by atoms with Crippen molar-refractivity contribution in [1.82, 2.24) is 10.2 Å². The Labute approximate surface area is 143 Å². The zero-order chi connectivity index (χ0) is 19.1. The van der Waals surface area contributed by atoms with Gasteiger partial charge in [-0.3, -0.25) is 5.09 Å². The first-order valence-electron chi connectivity index (χ1n) is 7.58. The van der Waals surface area contributed by atoms with E-state index in [2.05, 4.69) is 5.10 Å². The molecular formula is C17H13F3N2O2S. The molecule has 0 bridgehead atoms. The summed E-state index contributed by atoms with van der Waals surface area (Å²) in [7, 11) is -3.34. The van der Waals surface area contributed by atoms with Gasteiger partial charge in [0.15, 0.2) is 16.9 Å². The molecule has 1 N–H and O–H groups in total. The Hall–Kier alpha value is -2.61. The van der Waals surface area contributed by atoms with Crippen LogP contribution in [0.4, 0.5) is 13.2 Å². The lowest BCUT2D eigenvalue weighted by Gasteiger charge is -2.05. The van der Waals surface area contributed by atoms with Crippen molar-refractivity contribution in [3.8, 4) is 22.4 Å². The second-order valence-electron chi connectivity index (χ2n) is 5.49. The van der Waals surface area contributed by atoms with Gasteiger partial charge >= 0.3 is 6.18 Å². The molecule has 0 aliphatic rings. The number of sulfone groups is 1. The average Bonchev–Trinajstić information content (AvgIpc) is 2.96. The van der Waals surface area contributed by atoms with Gasteiger partial charge in [0.1, 0.15) is 0 Å². The number of aromatic nitrogens is 2. The standard InChI is InChI=1S/C17H13F3N2O2S/c1-25(23,24)14-4-2-3-13(9-14)11-5-7-12(8-6-11)15-10-16(22-21-15)17(18,19)20/h2-10H,1H3,(H,21,22)/i/hD. The van der Waals surface area contributed by atoms with E-state index in [1.54, 1.807) is 36.4 Å². The molecule has 0 saturated heterocycles. The SMILES string of the molecule is [2H]n1nc(C(F)(F)F)cc1-c1ccc(-c2cccc(S(C)(=O)=O)c2)cc1. The Morgan fingerprint density at radius 1 is 1.00 bits per heavy atom. The molecule has 130 valence electrons. The molecule has 4 nitrogen and oxygen atoms in total. The summed E-state index contributed by atoms with van der Waals surface area (Å²) in [6.45, 7) is 0. The number of alkyl halides is 3. The molecule has 0 aliphatic carbocycles. The molecule has 1 heterocycles. The topological polar surface area (TPSA) is 62.8 Å². The number of nitrogens with one attached hydrogen (secondary N) is 1. The van der Waals surface area contributed by atoms with Gasteiger partial charge in [0.2, 0.25) is 0 Å². The molecule has 0 saturated carbocycles. The van der Waals surface area contributed by atoms with E-state index >= 15 is 0 Å². The lowest BCUT2D eigenvalue weighted by atomic mass is 10.0. The molecule has 0 atom stereocenters. The van der Waals surface area contributed by atoms with Crippen LogP contribution in [0.25, 0.3) is 22.4 Å². The van der Waals surface area contributed by atoms with Gasteiger partial charge in [0.25, 0.3) is 0 Å². The van der Waals surface area contributed by atoms with Crippen molar-refractivity contribution in [2.45, 2.75) is 11.1 Å². The van der Waals surface area contributed by atoms with Crippen LogP contribution in [0.2, 0.25) is 1.41 Å². The third-order valence-corrected chi connectivity index (χ3v) is 4.72. The number of aromatic amines is 1. The van der Waals surface area contributed by atoms with Crippen LogP contribution in [-0.2, 0) is 16.0 Å². The number of H-pyrrole nitrogens is 1. The Kier molecular flexibility index (Phi) is 3.84. The van der Waals surface area contributed by atoms with Crippen LogP contribution in [0.1, 0.15) is 5.69 Å². The third kappa shape index (κ3) is 3.74. The first-order chi connectivity index (χ1) is 12.1. The van der Waals surface area contributed by atoms with Gasteiger partial charge in [-0.1, -0.05) is 36.4 Å². The predicted octanol–water partition coefficient (Wildman–Crippen LogP) is 4.17. The van der Waals surface area contributed by atoms with Crippen LogP contribution in [0.15, 0.2) is 59.5 Å². The van der Waals surface area contributed by atoms with Gasteiger partial charge in [0.05, 0.1) is 10.6 Å². The maximum Gasteiger partial charge on any atom is 0.435 e. The summed E-state index contributed by atoms with van der Waals surface area (Å²) < 4.78 is 69.0. The van der Waals surface area contributed by atoms with E-state index in [0.29, 0.717) is 21.8 Å². The average molecular weight is 367 g/mol. The van der Waals surface area contributed by atoms with Crippen LogP contribution in [-0.4, -0.2) is 24.9 Å². The quantitative estimate of drug-likeness (QED) is 0.756. The number of nitrogens with zero attached hydrogens (tertiary/aromatic N) is 1. The maximum atomic E-state index is 12.7. The molecule has 3 rings (SSSR count). The molecule has 2 aromatic carbocycles. The van der Waals surface area contributed by atoms with E-state index in [0.717, 1.165) is 12.3 Å². The van der Waals surface area contributed by atoms with E-state index in [1.165, 1.54) is 12.1 Å². The van der Waals surface area contributed by atoms with E-state index < -0.39 is 21.7 Å². The second-order valence-corrected chi connectivity index (χ2v) is 7.51. The third-order valence-electron chi connectivity index (χ3n) is 3.61. The molecule has 0 fully saturated rings. The number of hydrogen-bond acceptors (Lipinski definition) is 3. The summed E-state index contributed by atoms with van der Waals surface area (Å²) in [6.07, 6.45) is -3.50. The Morgan fingerprint density at radius 3 is 2.20 bits per heavy atom. The number of hydrogen-bond donors (Lipinski definition) is 1. The van der Waals surface area contributed by atoms with Crippen LogP contribution in [0, 0.1) is 0 Å². The summed E-state index contributed by atoms with van der Waals surface area (Å²) in [4.78, 5) is 0.179. The van der Waals surface area contributed by atoms with Crippen molar-refractivity contribution in [3.05, 3.63) is 60.3 Å². The van der Waals surface area contributed by atoms with E-state index in [-0.39, 0.29) is 10.6 Å². The molecular weight excluding hydrogens is 353 g/mol. The molecule has 0 aliphatic heterocycles. The van der Waals surface area contributed by atoms with Crippen LogP contribution >= 0.6 is 0 Å². The molecule has 8 heteroatoms. The Balaban J connectivity index is 1.96. The van der Waals surface area contributed by atoms with Crippen molar-refractivity contribution in [1.29, 1.82) is 0 Å². The fourth-order valence-corrected chi connectivity index (χ4v) is 2.98. The molecule has 1 aromatic heterocycles. The zero-order valence-electron chi connectivity index (χ0n) is 13.9. The largest absolute Gasteiger partial charge is 0.435 e. The summed E-state index contributed by atoms with van der Waals surface area (Å²) in [5.41, 5.74) is 0.633. The second kappa shape index (κ2) is 6.03. The van der Waals surface area contributed by atoms with Gasteiger partial charge in [-0.05, 0) is 34.9 Å². The van der Waals surface area contributed by atoms with Crippen molar-refractivity contribution < 1.29 is 23.0 Å². The minimum atomic E-state index is -4.62. The Bertz CT molecular complexity index is 1060. The van der Waals surface area contributed by atoms with Gasteiger partial charge in [-0.15, -0.1) is 0 Å². The van der Waals surface area contributed by atoms with Crippen molar-refractivity contribution >= 4 is 9.84 Å². The fourth-order valence-electron chi connectivity index (χ4n) is 2.31. The number of halogens is 3. The van der Waals surface area contributed by atoms with Crippen LogP contribution < -0.4 is 0 Å². The minimum Gasteiger partial charge on any atom is -0.277 e. The van der Waals surface area contributed by atoms with Crippen LogP contribution in [0.5, 0.6) is 0 Å². The molecule has 0 unspecified atom stereocenters. The maximum absolute atomic E-state index is 12.7. The van der Waals surface area contributed by atoms with Gasteiger partial charge < -0.3 is 0 Å². The molecule has 0 radical (unpaired) electrons. The number of rotatable bonds is 3. The van der Waals surface area contributed by atoms with Gasteiger partial charge in [-0.25, -0.2) is 8.42 Å². The summed E-state index contributed by atoms with van der Waals surface area (Å²) >= 11 is 0. The minimum absolute atomic E-state index is 0.00811. The highest BCUT2D eigenvalue weighted by Crippen LogP contribution is 2.31. The smallest absolute Gasteiger partial charge is 0.277 e. The summed E-state index contributed by atoms with van der Waals surface area (Å²) in [5, 5.41) is 3.60. The first-order valence-corrected chi connectivity index (χ1v) is 9.02. The van der Waals surface area contributed by atoms with Crippen molar-refractivity contribution in [2.75, 3.05) is 6.26 Å². The van der Waals surface area contributed by atoms with E-state index in [9.17, 15) is 21.6 Å². The monoisotopic (exact) mass is 367 g/mol. The van der Waals surface area contributed by atoms with E-state index in [1.807, 2.05) is 0 Å². The molecule has 25 heavy (non-hydrogen) atoms. The fraction of sp³-hybridized carbons (Fsp3) is 0.118.